The van der Waals surface area contributed by atoms with Crippen LogP contribution in [0.25, 0.3) is 0 Å². The Morgan fingerprint density at radius 3 is 2.44 bits per heavy atom. The highest BCUT2D eigenvalue weighted by Gasteiger charge is 2.53. The summed E-state index contributed by atoms with van der Waals surface area (Å²) in [6, 6.07) is 5.38. The fourth-order valence-electron chi connectivity index (χ4n) is 6.64. The van der Waals surface area contributed by atoms with E-state index in [4.69, 9.17) is 10.5 Å². The van der Waals surface area contributed by atoms with Gasteiger partial charge in [0.15, 0.2) is 5.78 Å². The summed E-state index contributed by atoms with van der Waals surface area (Å²) in [5, 5.41) is 10.5. The van der Waals surface area contributed by atoms with Crippen LogP contribution in [0.15, 0.2) is 18.2 Å². The van der Waals surface area contributed by atoms with Crippen LogP contribution in [0.4, 0.5) is 5.69 Å². The number of hydrogen-bond donors (Lipinski definition) is 2. The van der Waals surface area contributed by atoms with Crippen LogP contribution < -0.4 is 10.6 Å². The molecule has 4 atom stereocenters. The monoisotopic (exact) mass is 498 g/mol. The molecule has 1 aromatic carbocycles. The second kappa shape index (κ2) is 10.1. The van der Waals surface area contributed by atoms with Gasteiger partial charge in [0.05, 0.1) is 12.5 Å². The SMILES string of the molecule is CC(C)N1CCN(c2ccc(C(N)=O)c([C@@H](C(=O)N3C[C@@H](O)[C@H]4OCC(=O)[C@H]43)C3CCCC3)c2)CC1. The zero-order chi connectivity index (χ0) is 25.6. The van der Waals surface area contributed by atoms with Crippen LogP contribution in [0.3, 0.4) is 0 Å². The predicted octanol–water partition coefficient (Wildman–Crippen LogP) is 1.13. The minimum Gasteiger partial charge on any atom is -0.388 e. The van der Waals surface area contributed by atoms with Gasteiger partial charge in [-0.2, -0.15) is 0 Å². The van der Waals surface area contributed by atoms with E-state index in [1.54, 1.807) is 6.07 Å². The molecule has 5 rings (SSSR count). The van der Waals surface area contributed by atoms with E-state index in [2.05, 4.69) is 23.6 Å². The number of amides is 2. The Labute approximate surface area is 212 Å². The van der Waals surface area contributed by atoms with E-state index in [9.17, 15) is 19.5 Å². The third-order valence-corrected chi connectivity index (χ3v) is 8.62. The summed E-state index contributed by atoms with van der Waals surface area (Å²) >= 11 is 0. The molecule has 0 bridgehead atoms. The number of likely N-dealkylation sites (tertiary alicyclic amines) is 1. The van der Waals surface area contributed by atoms with Crippen LogP contribution in [0.5, 0.6) is 0 Å². The quantitative estimate of drug-likeness (QED) is 0.604. The number of nitrogens with zero attached hydrogens (tertiary/aromatic N) is 3. The molecule has 4 fully saturated rings. The molecule has 3 N–H and O–H groups in total. The lowest BCUT2D eigenvalue weighted by Crippen LogP contribution is -2.49. The minimum atomic E-state index is -0.895. The molecule has 3 heterocycles. The average Bonchev–Trinajstić information content (AvgIpc) is 3.59. The van der Waals surface area contributed by atoms with Crippen molar-refractivity contribution in [3.63, 3.8) is 0 Å². The Morgan fingerprint density at radius 1 is 1.11 bits per heavy atom. The molecule has 36 heavy (non-hydrogen) atoms. The molecule has 1 aliphatic carbocycles. The molecule has 0 unspecified atom stereocenters. The summed E-state index contributed by atoms with van der Waals surface area (Å²) < 4.78 is 5.50. The van der Waals surface area contributed by atoms with E-state index in [0.29, 0.717) is 17.2 Å². The number of carbonyl (C=O) groups is 3. The van der Waals surface area contributed by atoms with Gasteiger partial charge in [-0.1, -0.05) is 12.8 Å². The Hall–Kier alpha value is -2.49. The molecule has 1 aromatic rings. The molecule has 9 heteroatoms. The van der Waals surface area contributed by atoms with Crippen molar-refractivity contribution >= 4 is 23.3 Å². The largest absolute Gasteiger partial charge is 0.388 e. The Bertz CT molecular complexity index is 1020. The number of fused-ring (bicyclic) bond motifs is 1. The number of ether oxygens (including phenoxy) is 1. The first kappa shape index (κ1) is 25.2. The van der Waals surface area contributed by atoms with Crippen molar-refractivity contribution < 1.29 is 24.2 Å². The zero-order valence-electron chi connectivity index (χ0n) is 21.3. The second-order valence-electron chi connectivity index (χ2n) is 11.0. The van der Waals surface area contributed by atoms with Crippen LogP contribution in [0.2, 0.25) is 0 Å². The van der Waals surface area contributed by atoms with Crippen LogP contribution >= 0.6 is 0 Å². The molecular weight excluding hydrogens is 460 g/mol. The van der Waals surface area contributed by atoms with Crippen molar-refractivity contribution in [2.75, 3.05) is 44.2 Å². The van der Waals surface area contributed by atoms with Gasteiger partial charge in [0.25, 0.3) is 0 Å². The lowest BCUT2D eigenvalue weighted by atomic mass is 9.80. The molecule has 0 radical (unpaired) electrons. The van der Waals surface area contributed by atoms with Crippen LogP contribution in [0, 0.1) is 5.92 Å². The number of aliphatic hydroxyl groups excluding tert-OH is 1. The molecule has 2 amide bonds. The topological polar surface area (TPSA) is 116 Å². The van der Waals surface area contributed by atoms with Gasteiger partial charge in [-0.25, -0.2) is 0 Å². The molecule has 4 aliphatic rings. The number of rotatable bonds is 6. The maximum absolute atomic E-state index is 14.2. The Morgan fingerprint density at radius 2 is 1.81 bits per heavy atom. The average molecular weight is 499 g/mol. The second-order valence-corrected chi connectivity index (χ2v) is 11.0. The first-order valence-electron chi connectivity index (χ1n) is 13.3. The maximum Gasteiger partial charge on any atom is 0.249 e. The normalized spacial score (nSPS) is 28.2. The summed E-state index contributed by atoms with van der Waals surface area (Å²) in [6.07, 6.45) is 2.22. The van der Waals surface area contributed by atoms with Gasteiger partial charge in [0.2, 0.25) is 11.8 Å². The Kier molecular flexibility index (Phi) is 7.07. The zero-order valence-corrected chi connectivity index (χ0v) is 21.3. The van der Waals surface area contributed by atoms with Crippen molar-refractivity contribution in [2.45, 2.75) is 69.7 Å². The van der Waals surface area contributed by atoms with E-state index in [-0.39, 0.29) is 30.8 Å². The number of nitrogens with two attached hydrogens (primary N) is 1. The third kappa shape index (κ3) is 4.53. The van der Waals surface area contributed by atoms with E-state index < -0.39 is 30.1 Å². The number of aliphatic hydroxyl groups is 1. The van der Waals surface area contributed by atoms with Gasteiger partial charge in [0.1, 0.15) is 24.9 Å². The lowest BCUT2D eigenvalue weighted by molar-refractivity contribution is -0.139. The number of hydrogen-bond acceptors (Lipinski definition) is 7. The summed E-state index contributed by atoms with van der Waals surface area (Å²) in [5.74, 6) is -1.49. The maximum atomic E-state index is 14.2. The number of primary amides is 1. The van der Waals surface area contributed by atoms with Crippen LogP contribution in [0.1, 0.15) is 61.4 Å². The number of benzene rings is 1. The fourth-order valence-corrected chi connectivity index (χ4v) is 6.64. The molecule has 3 saturated heterocycles. The highest BCUT2D eigenvalue weighted by molar-refractivity contribution is 5.99. The van der Waals surface area contributed by atoms with Crippen molar-refractivity contribution in [2.24, 2.45) is 11.7 Å². The Balaban J connectivity index is 1.50. The molecule has 3 aliphatic heterocycles. The number of carbonyl (C=O) groups excluding carboxylic acids is 3. The van der Waals surface area contributed by atoms with Gasteiger partial charge in [-0.3, -0.25) is 19.3 Å². The van der Waals surface area contributed by atoms with Gasteiger partial charge in [-0.15, -0.1) is 0 Å². The molecule has 196 valence electrons. The summed E-state index contributed by atoms with van der Waals surface area (Å²) in [5.41, 5.74) is 7.80. The van der Waals surface area contributed by atoms with E-state index >= 15 is 0 Å². The van der Waals surface area contributed by atoms with Crippen molar-refractivity contribution in [1.29, 1.82) is 0 Å². The van der Waals surface area contributed by atoms with Gasteiger partial charge < -0.3 is 25.4 Å². The first-order chi connectivity index (χ1) is 17.3. The summed E-state index contributed by atoms with van der Waals surface area (Å²) in [6.45, 7) is 8.01. The molecule has 9 nitrogen and oxygen atoms in total. The van der Waals surface area contributed by atoms with Gasteiger partial charge in [-0.05, 0) is 56.4 Å². The standard InChI is InChI=1S/C27H38N4O5/c1-16(2)29-9-11-30(12-10-29)18-7-8-19(26(28)34)20(13-18)23(17-5-3-4-6-17)27(35)31-14-21(32)25-24(31)22(33)15-36-25/h7-8,13,16-17,21,23-25,32H,3-6,9-12,14-15H2,1-2H3,(H2,28,34)/t21-,23+,24-,25-/m1/s1. The molecule has 1 saturated carbocycles. The number of β-amino-alcohol motifs (C(OH)–C–C–N with tert-alkyl or cyclic N) is 1. The molecule has 0 spiro atoms. The predicted molar refractivity (Wildman–Crippen MR) is 135 cm³/mol. The van der Waals surface area contributed by atoms with Crippen molar-refractivity contribution in [3.05, 3.63) is 29.3 Å². The number of anilines is 1. The van der Waals surface area contributed by atoms with E-state index in [0.717, 1.165) is 57.5 Å². The highest BCUT2D eigenvalue weighted by atomic mass is 16.5. The van der Waals surface area contributed by atoms with Gasteiger partial charge in [0, 0.05) is 43.5 Å². The van der Waals surface area contributed by atoms with Crippen LogP contribution in [-0.4, -0.2) is 96.1 Å². The third-order valence-electron chi connectivity index (χ3n) is 8.62. The first-order valence-corrected chi connectivity index (χ1v) is 13.3. The summed E-state index contributed by atoms with van der Waals surface area (Å²) in [7, 11) is 0. The number of Topliss-reactive ketones (excluding diaryl/α,β-unsaturated/α-hetero) is 1. The molecule has 0 aromatic heterocycles. The number of piperazine rings is 1. The van der Waals surface area contributed by atoms with E-state index in [1.165, 1.54) is 4.90 Å². The van der Waals surface area contributed by atoms with Crippen molar-refractivity contribution in [1.82, 2.24) is 9.80 Å². The van der Waals surface area contributed by atoms with Gasteiger partial charge >= 0.3 is 0 Å². The van der Waals surface area contributed by atoms with Crippen LogP contribution in [-0.2, 0) is 14.3 Å². The summed E-state index contributed by atoms with van der Waals surface area (Å²) in [4.78, 5) is 45.6. The number of ketones is 1. The smallest absolute Gasteiger partial charge is 0.249 e. The van der Waals surface area contributed by atoms with E-state index in [1.807, 2.05) is 12.1 Å². The fraction of sp³-hybridized carbons (Fsp3) is 0.667. The lowest BCUT2D eigenvalue weighted by Gasteiger charge is -2.38. The minimum absolute atomic E-state index is 0.0530. The van der Waals surface area contributed by atoms with Crippen molar-refractivity contribution in [3.8, 4) is 0 Å². The molecular formula is C27H38N4O5. The highest BCUT2D eigenvalue weighted by Crippen LogP contribution is 2.42.